The van der Waals surface area contributed by atoms with E-state index in [0.29, 0.717) is 5.69 Å². The Morgan fingerprint density at radius 2 is 1.76 bits per heavy atom. The molecule has 0 saturated heterocycles. The second-order valence-electron chi connectivity index (χ2n) is 9.15. The first kappa shape index (κ1) is 21.1. The molecule has 5 rings (SSSR count). The number of imidazole rings is 1. The van der Waals surface area contributed by atoms with E-state index >= 15 is 0 Å². The van der Waals surface area contributed by atoms with E-state index in [1.54, 1.807) is 18.5 Å². The number of aromatic nitrogens is 5. The minimum absolute atomic E-state index is 0.0830. The van der Waals surface area contributed by atoms with Gasteiger partial charge in [-0.1, -0.05) is 6.07 Å². The summed E-state index contributed by atoms with van der Waals surface area (Å²) < 4.78 is 27.8. The van der Waals surface area contributed by atoms with Gasteiger partial charge in [0.2, 0.25) is 10.0 Å². The quantitative estimate of drug-likeness (QED) is 0.402. The van der Waals surface area contributed by atoms with Gasteiger partial charge < -0.3 is 9.55 Å². The summed E-state index contributed by atoms with van der Waals surface area (Å²) in [5.41, 5.74) is 6.82. The fourth-order valence-corrected chi connectivity index (χ4v) is 4.52. The lowest BCUT2D eigenvalue weighted by Gasteiger charge is -2.21. The molecule has 8 nitrogen and oxygen atoms in total. The van der Waals surface area contributed by atoms with Crippen molar-refractivity contribution < 1.29 is 8.42 Å². The van der Waals surface area contributed by atoms with Crippen molar-refractivity contribution in [1.29, 1.82) is 0 Å². The second kappa shape index (κ2) is 7.41. The summed E-state index contributed by atoms with van der Waals surface area (Å²) in [7, 11) is -3.39. The lowest BCUT2D eigenvalue weighted by molar-refractivity contribution is 0.408. The zero-order valence-electron chi connectivity index (χ0n) is 18.8. The number of fused-ring (bicyclic) bond motifs is 2. The molecule has 0 spiro atoms. The molecule has 4 heterocycles. The monoisotopic (exact) mass is 460 g/mol. The van der Waals surface area contributed by atoms with Gasteiger partial charge in [-0.25, -0.2) is 18.4 Å². The van der Waals surface area contributed by atoms with Crippen molar-refractivity contribution in [2.45, 2.75) is 26.3 Å². The summed E-state index contributed by atoms with van der Waals surface area (Å²) in [5, 5.41) is 0.968. The highest BCUT2D eigenvalue weighted by molar-refractivity contribution is 7.92. The van der Waals surface area contributed by atoms with Crippen LogP contribution >= 0.6 is 0 Å². The number of hydrogen-bond donors (Lipinski definition) is 2. The predicted molar refractivity (Wildman–Crippen MR) is 132 cm³/mol. The number of benzene rings is 1. The molecule has 0 amide bonds. The van der Waals surface area contributed by atoms with Gasteiger partial charge in [0, 0.05) is 46.2 Å². The van der Waals surface area contributed by atoms with Crippen molar-refractivity contribution >= 4 is 37.8 Å². The number of aromatic amines is 1. The number of nitrogens with zero attached hydrogens (tertiary/aromatic N) is 4. The SMILES string of the molecule is CC(C)(C)n1cnc2ccc(-c3c[nH]c4ncc(-c5cncc(NS(C)(=O)=O)c5)cc34)cc21. The van der Waals surface area contributed by atoms with Crippen LogP contribution in [-0.2, 0) is 15.6 Å². The zero-order chi connectivity index (χ0) is 23.4. The molecule has 0 radical (unpaired) electrons. The van der Waals surface area contributed by atoms with Crippen LogP contribution in [0.5, 0.6) is 0 Å². The maximum absolute atomic E-state index is 11.6. The number of nitrogens with one attached hydrogen (secondary N) is 2. The molecule has 33 heavy (non-hydrogen) atoms. The zero-order valence-corrected chi connectivity index (χ0v) is 19.6. The Bertz CT molecular complexity index is 1610. The average molecular weight is 461 g/mol. The van der Waals surface area contributed by atoms with Crippen LogP contribution in [0.3, 0.4) is 0 Å². The molecule has 5 aromatic rings. The molecular formula is C24H24N6O2S. The van der Waals surface area contributed by atoms with Crippen LogP contribution in [0.2, 0.25) is 0 Å². The second-order valence-corrected chi connectivity index (χ2v) is 10.9. The number of rotatable bonds is 4. The lowest BCUT2D eigenvalue weighted by Crippen LogP contribution is -2.20. The van der Waals surface area contributed by atoms with Gasteiger partial charge in [-0.05, 0) is 50.6 Å². The van der Waals surface area contributed by atoms with E-state index in [4.69, 9.17) is 0 Å². The molecular weight excluding hydrogens is 436 g/mol. The summed E-state index contributed by atoms with van der Waals surface area (Å²) in [5.74, 6) is 0. The van der Waals surface area contributed by atoms with Crippen LogP contribution in [0, 0.1) is 0 Å². The standard InChI is InChI=1S/C24H24N6O2S/c1-24(2,3)30-14-28-21-6-5-15(9-22(21)30)20-13-27-23-19(20)8-17(11-26-23)16-7-18(12-25-10-16)29-33(4,31)32/h5-14,29H,1-4H3,(H,26,27). The van der Waals surface area contributed by atoms with Gasteiger partial charge in [-0.2, -0.15) is 0 Å². The third-order valence-electron chi connectivity index (χ3n) is 5.49. The van der Waals surface area contributed by atoms with Crippen LogP contribution in [0.1, 0.15) is 20.8 Å². The average Bonchev–Trinajstić information content (AvgIpc) is 3.35. The van der Waals surface area contributed by atoms with Crippen molar-refractivity contribution in [2.24, 2.45) is 0 Å². The Kier molecular flexibility index (Phi) is 4.75. The van der Waals surface area contributed by atoms with Gasteiger partial charge in [0.25, 0.3) is 0 Å². The van der Waals surface area contributed by atoms with Crippen molar-refractivity contribution in [3.05, 3.63) is 61.4 Å². The van der Waals surface area contributed by atoms with Gasteiger partial charge in [-0.15, -0.1) is 0 Å². The lowest BCUT2D eigenvalue weighted by atomic mass is 10.0. The summed E-state index contributed by atoms with van der Waals surface area (Å²) in [6.45, 7) is 6.47. The van der Waals surface area contributed by atoms with Gasteiger partial charge >= 0.3 is 0 Å². The summed E-state index contributed by atoms with van der Waals surface area (Å²) in [4.78, 5) is 16.6. The van der Waals surface area contributed by atoms with E-state index in [2.05, 4.69) is 62.1 Å². The van der Waals surface area contributed by atoms with Gasteiger partial charge in [-0.3, -0.25) is 9.71 Å². The molecule has 0 bridgehead atoms. The number of hydrogen-bond acceptors (Lipinski definition) is 5. The summed E-state index contributed by atoms with van der Waals surface area (Å²) in [6, 6.07) is 10.0. The van der Waals surface area contributed by atoms with E-state index in [1.165, 1.54) is 6.20 Å². The Hall–Kier alpha value is -3.72. The third-order valence-corrected chi connectivity index (χ3v) is 6.09. The minimum atomic E-state index is -3.39. The van der Waals surface area contributed by atoms with Crippen LogP contribution in [0.15, 0.2) is 61.4 Å². The van der Waals surface area contributed by atoms with Gasteiger partial charge in [0.1, 0.15) is 5.65 Å². The Morgan fingerprint density at radius 3 is 2.52 bits per heavy atom. The first-order valence-corrected chi connectivity index (χ1v) is 12.4. The summed E-state index contributed by atoms with van der Waals surface area (Å²) >= 11 is 0. The Labute approximate surface area is 191 Å². The van der Waals surface area contributed by atoms with E-state index in [0.717, 1.165) is 50.6 Å². The van der Waals surface area contributed by atoms with E-state index in [9.17, 15) is 8.42 Å². The normalized spacial score (nSPS) is 12.5. The molecule has 0 aliphatic carbocycles. The predicted octanol–water partition coefficient (Wildman–Crippen LogP) is 4.77. The molecule has 0 aliphatic rings. The molecule has 2 N–H and O–H groups in total. The molecule has 1 aromatic carbocycles. The van der Waals surface area contributed by atoms with Gasteiger partial charge in [0.05, 0.1) is 35.5 Å². The third kappa shape index (κ3) is 4.07. The largest absolute Gasteiger partial charge is 0.346 e. The first-order chi connectivity index (χ1) is 15.6. The number of H-pyrrole nitrogens is 1. The van der Waals surface area contributed by atoms with E-state index in [-0.39, 0.29) is 5.54 Å². The summed E-state index contributed by atoms with van der Waals surface area (Å²) in [6.07, 6.45) is 9.88. The van der Waals surface area contributed by atoms with Crippen LogP contribution in [-0.4, -0.2) is 39.2 Å². The fraction of sp³-hybridized carbons (Fsp3) is 0.208. The maximum Gasteiger partial charge on any atom is 0.229 e. The molecule has 0 atom stereocenters. The van der Waals surface area contributed by atoms with Gasteiger partial charge in [0.15, 0.2) is 0 Å². The number of sulfonamides is 1. The highest BCUT2D eigenvalue weighted by atomic mass is 32.2. The van der Waals surface area contributed by atoms with E-state index < -0.39 is 10.0 Å². The molecule has 0 saturated carbocycles. The smallest absolute Gasteiger partial charge is 0.229 e. The molecule has 4 aromatic heterocycles. The molecule has 168 valence electrons. The minimum Gasteiger partial charge on any atom is -0.346 e. The highest BCUT2D eigenvalue weighted by Crippen LogP contribution is 2.33. The van der Waals surface area contributed by atoms with E-state index in [1.807, 2.05) is 24.7 Å². The first-order valence-electron chi connectivity index (χ1n) is 10.5. The maximum atomic E-state index is 11.6. The van der Waals surface area contributed by atoms with Crippen molar-refractivity contribution in [2.75, 3.05) is 11.0 Å². The number of pyridine rings is 2. The molecule has 0 aliphatic heterocycles. The van der Waals surface area contributed by atoms with Crippen molar-refractivity contribution in [3.63, 3.8) is 0 Å². The Balaban J connectivity index is 1.61. The fourth-order valence-electron chi connectivity index (χ4n) is 3.98. The topological polar surface area (TPSA) is 106 Å². The highest BCUT2D eigenvalue weighted by Gasteiger charge is 2.17. The Morgan fingerprint density at radius 1 is 0.970 bits per heavy atom. The molecule has 0 fully saturated rings. The van der Waals surface area contributed by atoms with Crippen LogP contribution in [0.25, 0.3) is 44.3 Å². The molecule has 0 unspecified atom stereocenters. The van der Waals surface area contributed by atoms with Crippen LogP contribution < -0.4 is 4.72 Å². The molecule has 9 heteroatoms. The van der Waals surface area contributed by atoms with Crippen molar-refractivity contribution in [1.82, 2.24) is 24.5 Å². The van der Waals surface area contributed by atoms with Crippen molar-refractivity contribution in [3.8, 4) is 22.3 Å². The number of anilines is 1. The van der Waals surface area contributed by atoms with Crippen LogP contribution in [0.4, 0.5) is 5.69 Å².